The van der Waals surface area contributed by atoms with Crippen LogP contribution in [-0.2, 0) is 0 Å². The van der Waals surface area contributed by atoms with Crippen LogP contribution in [0.5, 0.6) is 0 Å². The summed E-state index contributed by atoms with van der Waals surface area (Å²) in [5.74, 6) is -0.378. The molecular formula is C24H20N4O2. The van der Waals surface area contributed by atoms with Crippen molar-refractivity contribution in [2.75, 3.05) is 5.32 Å². The summed E-state index contributed by atoms with van der Waals surface area (Å²) in [7, 11) is 0. The zero-order valence-corrected chi connectivity index (χ0v) is 16.4. The molecule has 0 saturated heterocycles. The summed E-state index contributed by atoms with van der Waals surface area (Å²) < 4.78 is 0. The molecule has 6 heteroatoms. The number of hydrogen-bond acceptors (Lipinski definition) is 4. The second-order valence-corrected chi connectivity index (χ2v) is 6.89. The topological polar surface area (TPSA) is 84.0 Å². The van der Waals surface area contributed by atoms with E-state index in [9.17, 15) is 9.59 Å². The molecule has 30 heavy (non-hydrogen) atoms. The van der Waals surface area contributed by atoms with Crippen molar-refractivity contribution in [3.05, 3.63) is 102 Å². The maximum absolute atomic E-state index is 12.8. The lowest BCUT2D eigenvalue weighted by atomic mass is 10.1. The van der Waals surface area contributed by atoms with Gasteiger partial charge in [0.15, 0.2) is 0 Å². The number of benzene rings is 2. The maximum atomic E-state index is 12.8. The molecule has 0 aliphatic carbocycles. The van der Waals surface area contributed by atoms with E-state index in [2.05, 4.69) is 20.6 Å². The Kier molecular flexibility index (Phi) is 5.48. The Bertz CT molecular complexity index is 1190. The predicted molar refractivity (Wildman–Crippen MR) is 116 cm³/mol. The molecule has 0 fully saturated rings. The van der Waals surface area contributed by atoms with E-state index in [4.69, 9.17) is 0 Å². The largest absolute Gasteiger partial charge is 0.345 e. The summed E-state index contributed by atoms with van der Waals surface area (Å²) in [6, 6.07) is 19.8. The molecule has 148 valence electrons. The molecule has 2 N–H and O–H groups in total. The number of para-hydroxylation sites is 1. The molecule has 0 aliphatic heterocycles. The first kappa shape index (κ1) is 19.3. The number of anilines is 1. The highest BCUT2D eigenvalue weighted by molar-refractivity contribution is 6.05. The van der Waals surface area contributed by atoms with Crippen molar-refractivity contribution < 1.29 is 9.59 Å². The minimum absolute atomic E-state index is 0.179. The second-order valence-electron chi connectivity index (χ2n) is 6.89. The van der Waals surface area contributed by atoms with E-state index < -0.39 is 0 Å². The van der Waals surface area contributed by atoms with Gasteiger partial charge in [-0.05, 0) is 48.9 Å². The fourth-order valence-corrected chi connectivity index (χ4v) is 3.21. The van der Waals surface area contributed by atoms with Crippen LogP contribution in [-0.4, -0.2) is 21.8 Å². The Morgan fingerprint density at radius 1 is 0.833 bits per heavy atom. The third-order valence-electron chi connectivity index (χ3n) is 4.84. The number of fused-ring (bicyclic) bond motifs is 1. The summed E-state index contributed by atoms with van der Waals surface area (Å²) in [6.07, 6.45) is 4.84. The van der Waals surface area contributed by atoms with Gasteiger partial charge < -0.3 is 10.6 Å². The zero-order chi connectivity index (χ0) is 20.9. The number of nitrogens with one attached hydrogen (secondary N) is 2. The van der Waals surface area contributed by atoms with Crippen LogP contribution < -0.4 is 10.6 Å². The highest BCUT2D eigenvalue weighted by Crippen LogP contribution is 2.20. The van der Waals surface area contributed by atoms with Crippen LogP contribution in [0.15, 0.2) is 85.3 Å². The fraction of sp³-hybridized carbons (Fsp3) is 0.0833. The van der Waals surface area contributed by atoms with Gasteiger partial charge >= 0.3 is 0 Å². The molecule has 1 unspecified atom stereocenters. The van der Waals surface area contributed by atoms with E-state index in [0.717, 1.165) is 10.9 Å². The smallest absolute Gasteiger partial charge is 0.255 e. The fourth-order valence-electron chi connectivity index (χ4n) is 3.21. The highest BCUT2D eigenvalue weighted by Gasteiger charge is 2.15. The molecular weight excluding hydrogens is 376 g/mol. The SMILES string of the molecule is CC(NC(=O)c1cccc2cccnc12)c1ccc(NC(=O)c2ccncc2)cc1. The van der Waals surface area contributed by atoms with Gasteiger partial charge in [0.05, 0.1) is 17.1 Å². The lowest BCUT2D eigenvalue weighted by Crippen LogP contribution is -2.27. The van der Waals surface area contributed by atoms with E-state index in [1.165, 1.54) is 0 Å². The highest BCUT2D eigenvalue weighted by atomic mass is 16.2. The Labute approximate surface area is 174 Å². The van der Waals surface area contributed by atoms with Crippen molar-refractivity contribution in [1.82, 2.24) is 15.3 Å². The predicted octanol–water partition coefficient (Wildman–Crippen LogP) is 4.37. The quantitative estimate of drug-likeness (QED) is 0.525. The molecule has 1 atom stereocenters. The second kappa shape index (κ2) is 8.53. The molecule has 6 nitrogen and oxygen atoms in total. The van der Waals surface area contributed by atoms with Crippen LogP contribution in [0.4, 0.5) is 5.69 Å². The van der Waals surface area contributed by atoms with E-state index in [0.29, 0.717) is 22.3 Å². The average molecular weight is 396 g/mol. The molecule has 0 spiro atoms. The van der Waals surface area contributed by atoms with Crippen LogP contribution in [0.3, 0.4) is 0 Å². The molecule has 4 aromatic rings. The Hall–Kier alpha value is -4.06. The molecule has 0 aliphatic rings. The molecule has 0 bridgehead atoms. The number of carbonyl (C=O) groups is 2. The van der Waals surface area contributed by atoms with Gasteiger partial charge in [-0.3, -0.25) is 19.6 Å². The summed E-state index contributed by atoms with van der Waals surface area (Å²) in [6.45, 7) is 1.92. The Morgan fingerprint density at radius 3 is 2.33 bits per heavy atom. The minimum atomic E-state index is -0.207. The molecule has 2 aromatic carbocycles. The number of carbonyl (C=O) groups excluding carboxylic acids is 2. The normalized spacial score (nSPS) is 11.6. The molecule has 2 aromatic heterocycles. The van der Waals surface area contributed by atoms with E-state index >= 15 is 0 Å². The maximum Gasteiger partial charge on any atom is 0.255 e. The average Bonchev–Trinajstić information content (AvgIpc) is 2.79. The minimum Gasteiger partial charge on any atom is -0.345 e. The van der Waals surface area contributed by atoms with Gasteiger partial charge in [0.1, 0.15) is 0 Å². The van der Waals surface area contributed by atoms with Gasteiger partial charge in [-0.25, -0.2) is 0 Å². The zero-order valence-electron chi connectivity index (χ0n) is 16.4. The van der Waals surface area contributed by atoms with Crippen LogP contribution >= 0.6 is 0 Å². The number of pyridine rings is 2. The van der Waals surface area contributed by atoms with Crippen LogP contribution in [0.2, 0.25) is 0 Å². The standard InChI is InChI=1S/C24H20N4O2/c1-16(27-24(30)21-6-2-4-18-5-3-13-26-22(18)21)17-7-9-20(10-8-17)28-23(29)19-11-14-25-15-12-19/h2-16H,1H3,(H,27,30)(H,28,29). The molecule has 4 rings (SSSR count). The van der Waals surface area contributed by atoms with Crippen molar-refractivity contribution in [3.63, 3.8) is 0 Å². The Morgan fingerprint density at radius 2 is 1.57 bits per heavy atom. The van der Waals surface area contributed by atoms with Crippen molar-refractivity contribution in [2.45, 2.75) is 13.0 Å². The number of rotatable bonds is 5. The first-order chi connectivity index (χ1) is 14.6. The third-order valence-corrected chi connectivity index (χ3v) is 4.84. The first-order valence-electron chi connectivity index (χ1n) is 9.58. The van der Waals surface area contributed by atoms with Crippen molar-refractivity contribution >= 4 is 28.4 Å². The monoisotopic (exact) mass is 396 g/mol. The third kappa shape index (κ3) is 4.17. The van der Waals surface area contributed by atoms with Gasteiger partial charge in [-0.1, -0.05) is 30.3 Å². The number of amides is 2. The lowest BCUT2D eigenvalue weighted by molar-refractivity contribution is 0.0940. The number of nitrogens with zero attached hydrogens (tertiary/aromatic N) is 2. The molecule has 0 radical (unpaired) electrons. The molecule has 2 heterocycles. The van der Waals surface area contributed by atoms with Crippen LogP contribution in [0.1, 0.15) is 39.2 Å². The Balaban J connectivity index is 1.44. The first-order valence-corrected chi connectivity index (χ1v) is 9.58. The van der Waals surface area contributed by atoms with Gasteiger partial charge in [0.25, 0.3) is 11.8 Å². The van der Waals surface area contributed by atoms with Crippen LogP contribution in [0.25, 0.3) is 10.9 Å². The number of aromatic nitrogens is 2. The van der Waals surface area contributed by atoms with Crippen molar-refractivity contribution in [2.24, 2.45) is 0 Å². The van der Waals surface area contributed by atoms with Gasteiger partial charge in [-0.15, -0.1) is 0 Å². The number of hydrogen-bond donors (Lipinski definition) is 2. The molecule has 2 amide bonds. The van der Waals surface area contributed by atoms with E-state index in [1.807, 2.05) is 55.5 Å². The van der Waals surface area contributed by atoms with Gasteiger partial charge in [0.2, 0.25) is 0 Å². The van der Waals surface area contributed by atoms with Crippen molar-refractivity contribution in [3.8, 4) is 0 Å². The lowest BCUT2D eigenvalue weighted by Gasteiger charge is -2.16. The summed E-state index contributed by atoms with van der Waals surface area (Å²) in [5, 5.41) is 6.79. The van der Waals surface area contributed by atoms with Crippen LogP contribution in [0, 0.1) is 0 Å². The summed E-state index contributed by atoms with van der Waals surface area (Å²) in [5.41, 5.74) is 3.37. The van der Waals surface area contributed by atoms with E-state index in [1.54, 1.807) is 36.8 Å². The van der Waals surface area contributed by atoms with E-state index in [-0.39, 0.29) is 17.9 Å². The van der Waals surface area contributed by atoms with Gasteiger partial charge in [-0.2, -0.15) is 0 Å². The van der Waals surface area contributed by atoms with Crippen molar-refractivity contribution in [1.29, 1.82) is 0 Å². The summed E-state index contributed by atoms with van der Waals surface area (Å²) >= 11 is 0. The van der Waals surface area contributed by atoms with Gasteiger partial charge in [0, 0.05) is 35.2 Å². The molecule has 0 saturated carbocycles. The summed E-state index contributed by atoms with van der Waals surface area (Å²) in [4.78, 5) is 33.3.